The molecule has 0 atom stereocenters. The molecule has 1 heterocycles. The molecule has 1 saturated heterocycles. The fourth-order valence-corrected chi connectivity index (χ4v) is 5.22. The Morgan fingerprint density at radius 3 is 2.33 bits per heavy atom. The molecule has 2 aliphatic rings. The first-order chi connectivity index (χ1) is 17.6. The normalized spacial score (nSPS) is 16.5. The zero-order valence-electron chi connectivity index (χ0n) is 21.7. The van der Waals surface area contributed by atoms with Crippen molar-refractivity contribution in [2.45, 2.75) is 64.3 Å². The van der Waals surface area contributed by atoms with Crippen molar-refractivity contribution in [1.29, 1.82) is 0 Å². The van der Waals surface area contributed by atoms with E-state index in [1.165, 1.54) is 6.42 Å². The van der Waals surface area contributed by atoms with E-state index in [9.17, 15) is 9.59 Å². The van der Waals surface area contributed by atoms with Gasteiger partial charge in [-0.25, -0.2) is 0 Å². The SMILES string of the molecule is CCCCC(=O)Nc1ccc(N2CCN(c3ccccc3OC)CC2)c(C(=O)NC2CCCCC2)c1. The van der Waals surface area contributed by atoms with Gasteiger partial charge in [-0.2, -0.15) is 0 Å². The number of amides is 2. The third-order valence-electron chi connectivity index (χ3n) is 7.27. The maximum absolute atomic E-state index is 13.5. The lowest BCUT2D eigenvalue weighted by Crippen LogP contribution is -2.47. The highest BCUT2D eigenvalue weighted by atomic mass is 16.5. The standard InChI is InChI=1S/C29H40N4O3/c1-3-4-14-28(34)30-23-15-16-25(24(21-23)29(35)31-22-10-6-5-7-11-22)32-17-19-33(20-18-32)26-12-8-9-13-27(26)36-2/h8-9,12-13,15-16,21-22H,3-7,10-11,14,17-20H2,1-2H3,(H,30,34)(H,31,35). The Hall–Kier alpha value is -3.22. The summed E-state index contributed by atoms with van der Waals surface area (Å²) < 4.78 is 5.56. The second kappa shape index (κ2) is 12.7. The predicted molar refractivity (Wildman–Crippen MR) is 146 cm³/mol. The minimum atomic E-state index is -0.0475. The van der Waals surface area contributed by atoms with Gasteiger partial charge >= 0.3 is 0 Å². The number of nitrogens with zero attached hydrogens (tertiary/aromatic N) is 2. The molecule has 2 aromatic rings. The largest absolute Gasteiger partial charge is 0.495 e. The van der Waals surface area contributed by atoms with Crippen LogP contribution in [0.2, 0.25) is 0 Å². The van der Waals surface area contributed by atoms with Crippen LogP contribution in [0.5, 0.6) is 5.75 Å². The molecule has 0 bridgehead atoms. The van der Waals surface area contributed by atoms with E-state index in [1.807, 2.05) is 36.4 Å². The van der Waals surface area contributed by atoms with E-state index in [0.29, 0.717) is 17.7 Å². The first-order valence-electron chi connectivity index (χ1n) is 13.5. The molecule has 36 heavy (non-hydrogen) atoms. The number of carbonyl (C=O) groups is 2. The number of ether oxygens (including phenoxy) is 1. The van der Waals surface area contributed by atoms with E-state index < -0.39 is 0 Å². The molecular weight excluding hydrogens is 452 g/mol. The Morgan fingerprint density at radius 2 is 1.64 bits per heavy atom. The van der Waals surface area contributed by atoms with Gasteiger partial charge in [0.05, 0.1) is 18.4 Å². The van der Waals surface area contributed by atoms with Crippen LogP contribution in [0.4, 0.5) is 17.1 Å². The summed E-state index contributed by atoms with van der Waals surface area (Å²) in [5.74, 6) is 0.823. The molecule has 2 amide bonds. The summed E-state index contributed by atoms with van der Waals surface area (Å²) >= 11 is 0. The van der Waals surface area contributed by atoms with Crippen LogP contribution in [0, 0.1) is 0 Å². The van der Waals surface area contributed by atoms with Crippen LogP contribution in [0.3, 0.4) is 0 Å². The summed E-state index contributed by atoms with van der Waals surface area (Å²) in [5.41, 5.74) is 3.34. The maximum atomic E-state index is 13.5. The van der Waals surface area contributed by atoms with Crippen molar-refractivity contribution in [3.8, 4) is 5.75 Å². The molecule has 2 fully saturated rings. The molecular formula is C29H40N4O3. The summed E-state index contributed by atoms with van der Waals surface area (Å²) in [6.45, 7) is 5.33. The Bertz CT molecular complexity index is 1030. The van der Waals surface area contributed by atoms with Crippen LogP contribution in [0.1, 0.15) is 68.6 Å². The van der Waals surface area contributed by atoms with Crippen molar-refractivity contribution in [1.82, 2.24) is 5.32 Å². The van der Waals surface area contributed by atoms with Crippen LogP contribution in [0.15, 0.2) is 42.5 Å². The number of nitrogens with one attached hydrogen (secondary N) is 2. The number of anilines is 3. The van der Waals surface area contributed by atoms with Gasteiger partial charge in [-0.15, -0.1) is 0 Å². The molecule has 1 saturated carbocycles. The summed E-state index contributed by atoms with van der Waals surface area (Å²) in [5, 5.41) is 6.26. The van der Waals surface area contributed by atoms with Gasteiger partial charge in [0.25, 0.3) is 5.91 Å². The molecule has 1 aliphatic carbocycles. The number of hydrogen-bond donors (Lipinski definition) is 2. The van der Waals surface area contributed by atoms with Crippen LogP contribution < -0.4 is 25.2 Å². The Labute approximate surface area is 215 Å². The average Bonchev–Trinajstić information content (AvgIpc) is 2.92. The Kier molecular flexibility index (Phi) is 9.09. The highest BCUT2D eigenvalue weighted by Gasteiger charge is 2.25. The quantitative estimate of drug-likeness (QED) is 0.503. The number of hydrogen-bond acceptors (Lipinski definition) is 5. The average molecular weight is 493 g/mol. The molecule has 4 rings (SSSR count). The lowest BCUT2D eigenvalue weighted by atomic mass is 9.95. The van der Waals surface area contributed by atoms with Crippen LogP contribution in [-0.4, -0.2) is 51.1 Å². The van der Waals surface area contributed by atoms with Crippen molar-refractivity contribution in [2.75, 3.05) is 48.4 Å². The van der Waals surface area contributed by atoms with Crippen LogP contribution in [0.25, 0.3) is 0 Å². The third kappa shape index (κ3) is 6.50. The maximum Gasteiger partial charge on any atom is 0.253 e. The molecule has 1 aliphatic heterocycles. The van der Waals surface area contributed by atoms with E-state index in [2.05, 4.69) is 33.4 Å². The van der Waals surface area contributed by atoms with Gasteiger partial charge in [0.15, 0.2) is 0 Å². The molecule has 0 unspecified atom stereocenters. The number of rotatable bonds is 9. The van der Waals surface area contributed by atoms with E-state index in [-0.39, 0.29) is 17.9 Å². The minimum absolute atomic E-state index is 0.00587. The second-order valence-electron chi connectivity index (χ2n) is 9.84. The summed E-state index contributed by atoms with van der Waals surface area (Å²) in [6, 6.07) is 14.1. The first-order valence-corrected chi connectivity index (χ1v) is 13.5. The van der Waals surface area contributed by atoms with E-state index >= 15 is 0 Å². The van der Waals surface area contributed by atoms with Crippen LogP contribution >= 0.6 is 0 Å². The van der Waals surface area contributed by atoms with Crippen molar-refractivity contribution < 1.29 is 14.3 Å². The third-order valence-corrected chi connectivity index (χ3v) is 7.27. The van der Waals surface area contributed by atoms with Crippen molar-refractivity contribution in [3.05, 3.63) is 48.0 Å². The number of unbranched alkanes of at least 4 members (excludes halogenated alkanes) is 1. The minimum Gasteiger partial charge on any atom is -0.495 e. The lowest BCUT2D eigenvalue weighted by Gasteiger charge is -2.38. The molecule has 2 N–H and O–H groups in total. The highest BCUT2D eigenvalue weighted by molar-refractivity contribution is 6.02. The van der Waals surface area contributed by atoms with Gasteiger partial charge in [0.1, 0.15) is 5.75 Å². The predicted octanol–water partition coefficient (Wildman–Crippen LogP) is 5.21. The van der Waals surface area contributed by atoms with E-state index in [1.54, 1.807) is 7.11 Å². The molecule has 2 aromatic carbocycles. The van der Waals surface area contributed by atoms with E-state index in [4.69, 9.17) is 4.74 Å². The number of carbonyl (C=O) groups excluding carboxylic acids is 2. The van der Waals surface area contributed by atoms with Gasteiger partial charge in [-0.1, -0.05) is 44.7 Å². The summed E-state index contributed by atoms with van der Waals surface area (Å²) in [7, 11) is 1.70. The molecule has 0 aromatic heterocycles. The van der Waals surface area contributed by atoms with Crippen molar-refractivity contribution in [2.24, 2.45) is 0 Å². The number of benzene rings is 2. The van der Waals surface area contributed by atoms with E-state index in [0.717, 1.165) is 81.8 Å². The topological polar surface area (TPSA) is 73.9 Å². The van der Waals surface area contributed by atoms with Gasteiger partial charge in [0, 0.05) is 50.0 Å². The second-order valence-corrected chi connectivity index (χ2v) is 9.84. The number of piperazine rings is 1. The first kappa shape index (κ1) is 25.9. The van der Waals surface area contributed by atoms with Crippen molar-refractivity contribution in [3.63, 3.8) is 0 Å². The molecule has 7 heteroatoms. The van der Waals surface area contributed by atoms with Gasteiger partial charge < -0.3 is 25.2 Å². The van der Waals surface area contributed by atoms with Gasteiger partial charge in [-0.05, 0) is 49.6 Å². The summed E-state index contributed by atoms with van der Waals surface area (Å²) in [6.07, 6.45) is 7.96. The Morgan fingerprint density at radius 1 is 0.944 bits per heavy atom. The Balaban J connectivity index is 1.51. The van der Waals surface area contributed by atoms with Crippen molar-refractivity contribution >= 4 is 28.9 Å². The monoisotopic (exact) mass is 492 g/mol. The zero-order chi connectivity index (χ0) is 25.3. The van der Waals surface area contributed by atoms with Crippen LogP contribution in [-0.2, 0) is 4.79 Å². The fraction of sp³-hybridized carbons (Fsp3) is 0.517. The smallest absolute Gasteiger partial charge is 0.253 e. The number of para-hydroxylation sites is 2. The fourth-order valence-electron chi connectivity index (χ4n) is 5.22. The molecule has 0 spiro atoms. The van der Waals surface area contributed by atoms with Gasteiger partial charge in [-0.3, -0.25) is 9.59 Å². The molecule has 0 radical (unpaired) electrons. The lowest BCUT2D eigenvalue weighted by molar-refractivity contribution is -0.116. The molecule has 194 valence electrons. The zero-order valence-corrected chi connectivity index (χ0v) is 21.7. The number of methoxy groups -OCH3 is 1. The highest BCUT2D eigenvalue weighted by Crippen LogP contribution is 2.31. The summed E-state index contributed by atoms with van der Waals surface area (Å²) in [4.78, 5) is 30.4. The van der Waals surface area contributed by atoms with Gasteiger partial charge in [0.2, 0.25) is 5.91 Å². The molecule has 7 nitrogen and oxygen atoms in total.